The summed E-state index contributed by atoms with van der Waals surface area (Å²) in [4.78, 5) is 29.4. The van der Waals surface area contributed by atoms with Crippen LogP contribution in [0.2, 0.25) is 0 Å². The van der Waals surface area contributed by atoms with Crippen LogP contribution in [0.1, 0.15) is 23.6 Å². The van der Waals surface area contributed by atoms with Crippen LogP contribution in [0.15, 0.2) is 34.0 Å². The van der Waals surface area contributed by atoms with Gasteiger partial charge < -0.3 is 5.32 Å². The van der Waals surface area contributed by atoms with Crippen molar-refractivity contribution in [3.63, 3.8) is 0 Å². The highest BCUT2D eigenvalue weighted by Gasteiger charge is 2.17. The van der Waals surface area contributed by atoms with Crippen LogP contribution in [0.4, 0.5) is 11.4 Å². The molecule has 1 N–H and O–H groups in total. The minimum atomic E-state index is -0.382. The maximum absolute atomic E-state index is 12.8. The SMILES string of the molecule is CCc1cnc2c(c1Nc1cc(C)ccc1C)c(=O)n(C)c(=O)n2C. The van der Waals surface area contributed by atoms with Crippen LogP contribution >= 0.6 is 0 Å². The van der Waals surface area contributed by atoms with E-state index in [0.717, 1.165) is 39.1 Å². The van der Waals surface area contributed by atoms with E-state index in [1.165, 1.54) is 11.6 Å². The Morgan fingerprint density at radius 1 is 1.12 bits per heavy atom. The molecule has 0 aliphatic rings. The summed E-state index contributed by atoms with van der Waals surface area (Å²) in [6.45, 7) is 6.06. The van der Waals surface area contributed by atoms with Gasteiger partial charge in [0.1, 0.15) is 5.39 Å². The second-order valence-corrected chi connectivity index (χ2v) is 6.36. The van der Waals surface area contributed by atoms with Crippen molar-refractivity contribution in [2.45, 2.75) is 27.2 Å². The predicted octanol–water partition coefficient (Wildman–Crippen LogP) is 2.56. The van der Waals surface area contributed by atoms with Crippen molar-refractivity contribution in [1.82, 2.24) is 14.1 Å². The van der Waals surface area contributed by atoms with Gasteiger partial charge in [0.2, 0.25) is 0 Å². The average molecular weight is 338 g/mol. The number of aromatic nitrogens is 3. The summed E-state index contributed by atoms with van der Waals surface area (Å²) in [5.41, 5.74) is 4.47. The summed E-state index contributed by atoms with van der Waals surface area (Å²) in [7, 11) is 3.12. The van der Waals surface area contributed by atoms with Gasteiger partial charge in [-0.2, -0.15) is 0 Å². The lowest BCUT2D eigenvalue weighted by Gasteiger charge is -2.17. The Labute approximate surface area is 145 Å². The molecule has 0 fully saturated rings. The summed E-state index contributed by atoms with van der Waals surface area (Å²) in [6.07, 6.45) is 2.46. The summed E-state index contributed by atoms with van der Waals surface area (Å²) < 4.78 is 2.53. The first-order chi connectivity index (χ1) is 11.8. The molecule has 0 amide bonds. The number of hydrogen-bond donors (Lipinski definition) is 1. The molecule has 0 unspecified atom stereocenters. The molecule has 2 aromatic heterocycles. The van der Waals surface area contributed by atoms with Gasteiger partial charge in [-0.1, -0.05) is 19.1 Å². The molecule has 2 heterocycles. The van der Waals surface area contributed by atoms with E-state index in [9.17, 15) is 9.59 Å². The number of fused-ring (bicyclic) bond motifs is 1. The Bertz CT molecular complexity index is 1090. The third kappa shape index (κ3) is 2.73. The first-order valence-corrected chi connectivity index (χ1v) is 8.27. The molecule has 0 saturated heterocycles. The normalized spacial score (nSPS) is 11.1. The molecule has 130 valence electrons. The lowest BCUT2D eigenvalue weighted by atomic mass is 10.1. The molecule has 0 aliphatic carbocycles. The van der Waals surface area contributed by atoms with Gasteiger partial charge >= 0.3 is 5.69 Å². The molecule has 0 atom stereocenters. The molecular weight excluding hydrogens is 316 g/mol. The van der Waals surface area contributed by atoms with E-state index in [4.69, 9.17) is 0 Å². The van der Waals surface area contributed by atoms with Gasteiger partial charge in [-0.3, -0.25) is 13.9 Å². The zero-order valence-corrected chi connectivity index (χ0v) is 15.2. The van der Waals surface area contributed by atoms with Gasteiger partial charge in [-0.05, 0) is 43.0 Å². The molecule has 25 heavy (non-hydrogen) atoms. The van der Waals surface area contributed by atoms with E-state index in [-0.39, 0.29) is 11.2 Å². The van der Waals surface area contributed by atoms with Crippen LogP contribution in [-0.4, -0.2) is 14.1 Å². The zero-order valence-electron chi connectivity index (χ0n) is 15.2. The first-order valence-electron chi connectivity index (χ1n) is 8.27. The van der Waals surface area contributed by atoms with E-state index in [1.807, 2.05) is 32.9 Å². The van der Waals surface area contributed by atoms with Crippen molar-refractivity contribution in [3.05, 3.63) is 61.9 Å². The summed E-state index contributed by atoms with van der Waals surface area (Å²) in [5.74, 6) is 0. The standard InChI is InChI=1S/C19H22N4O2/c1-6-13-10-20-17-15(18(24)23(5)19(25)22(17)4)16(13)21-14-9-11(2)7-8-12(14)3/h7-10H,6H2,1-5H3,(H,20,21). The van der Waals surface area contributed by atoms with Gasteiger partial charge in [0.15, 0.2) is 5.65 Å². The second-order valence-electron chi connectivity index (χ2n) is 6.36. The smallest absolute Gasteiger partial charge is 0.332 e. The molecule has 3 rings (SSSR count). The number of pyridine rings is 1. The first kappa shape index (κ1) is 17.0. The fourth-order valence-corrected chi connectivity index (χ4v) is 2.98. The van der Waals surface area contributed by atoms with Crippen LogP contribution in [0.3, 0.4) is 0 Å². The highest BCUT2D eigenvalue weighted by atomic mass is 16.2. The third-order valence-corrected chi connectivity index (χ3v) is 4.58. The average Bonchev–Trinajstić information content (AvgIpc) is 2.60. The summed E-state index contributed by atoms with van der Waals surface area (Å²) in [6, 6.07) is 6.14. The Morgan fingerprint density at radius 3 is 2.52 bits per heavy atom. The molecule has 0 spiro atoms. The molecule has 6 nitrogen and oxygen atoms in total. The van der Waals surface area contributed by atoms with Crippen LogP contribution in [0, 0.1) is 13.8 Å². The summed E-state index contributed by atoms with van der Waals surface area (Å²) in [5, 5.41) is 3.86. The minimum absolute atomic E-state index is 0.339. The van der Waals surface area contributed by atoms with Crippen molar-refractivity contribution in [2.75, 3.05) is 5.32 Å². The molecule has 0 radical (unpaired) electrons. The number of nitrogens with zero attached hydrogens (tertiary/aromatic N) is 3. The lowest BCUT2D eigenvalue weighted by Crippen LogP contribution is -2.37. The van der Waals surface area contributed by atoms with E-state index < -0.39 is 0 Å². The highest BCUT2D eigenvalue weighted by molar-refractivity contribution is 5.92. The molecular formula is C19H22N4O2. The largest absolute Gasteiger partial charge is 0.354 e. The Morgan fingerprint density at radius 2 is 1.84 bits per heavy atom. The van der Waals surface area contributed by atoms with Crippen molar-refractivity contribution in [2.24, 2.45) is 14.1 Å². The van der Waals surface area contributed by atoms with E-state index >= 15 is 0 Å². The van der Waals surface area contributed by atoms with Crippen molar-refractivity contribution < 1.29 is 0 Å². The van der Waals surface area contributed by atoms with E-state index in [2.05, 4.69) is 16.4 Å². The molecule has 0 saturated carbocycles. The van der Waals surface area contributed by atoms with Gasteiger partial charge in [0.25, 0.3) is 5.56 Å². The monoisotopic (exact) mass is 338 g/mol. The van der Waals surface area contributed by atoms with E-state index in [1.54, 1.807) is 13.2 Å². The quantitative estimate of drug-likeness (QED) is 0.797. The fourth-order valence-electron chi connectivity index (χ4n) is 2.98. The van der Waals surface area contributed by atoms with Gasteiger partial charge in [0.05, 0.1) is 5.69 Å². The third-order valence-electron chi connectivity index (χ3n) is 4.58. The second kappa shape index (κ2) is 6.20. The highest BCUT2D eigenvalue weighted by Crippen LogP contribution is 2.28. The Balaban J connectivity index is 2.38. The number of hydrogen-bond acceptors (Lipinski definition) is 4. The lowest BCUT2D eigenvalue weighted by molar-refractivity contribution is 0.707. The van der Waals surface area contributed by atoms with Crippen LogP contribution in [-0.2, 0) is 20.5 Å². The topological polar surface area (TPSA) is 68.9 Å². The molecule has 1 aromatic carbocycles. The number of rotatable bonds is 3. The van der Waals surface area contributed by atoms with Gasteiger partial charge in [0, 0.05) is 26.0 Å². The Kier molecular flexibility index (Phi) is 4.20. The molecule has 6 heteroatoms. The number of nitrogens with one attached hydrogen (secondary N) is 1. The van der Waals surface area contributed by atoms with Crippen molar-refractivity contribution in [3.8, 4) is 0 Å². The van der Waals surface area contributed by atoms with E-state index in [0.29, 0.717) is 11.0 Å². The van der Waals surface area contributed by atoms with Crippen LogP contribution < -0.4 is 16.6 Å². The number of anilines is 2. The summed E-state index contributed by atoms with van der Waals surface area (Å²) >= 11 is 0. The van der Waals surface area contributed by atoms with Gasteiger partial charge in [-0.15, -0.1) is 0 Å². The minimum Gasteiger partial charge on any atom is -0.354 e. The maximum Gasteiger partial charge on any atom is 0.332 e. The number of benzene rings is 1. The molecule has 0 aliphatic heterocycles. The van der Waals surface area contributed by atoms with Crippen molar-refractivity contribution >= 4 is 22.4 Å². The zero-order chi connectivity index (χ0) is 18.3. The predicted molar refractivity (Wildman–Crippen MR) is 101 cm³/mol. The fraction of sp³-hybridized carbons (Fsp3) is 0.316. The van der Waals surface area contributed by atoms with Crippen molar-refractivity contribution in [1.29, 1.82) is 0 Å². The number of aryl methyl sites for hydroxylation is 4. The van der Waals surface area contributed by atoms with Gasteiger partial charge in [-0.25, -0.2) is 9.78 Å². The van der Waals surface area contributed by atoms with Crippen LogP contribution in [0.25, 0.3) is 11.0 Å². The van der Waals surface area contributed by atoms with Crippen LogP contribution in [0.5, 0.6) is 0 Å². The molecule has 0 bridgehead atoms. The molecule has 3 aromatic rings. The Hall–Kier alpha value is -2.89. The maximum atomic E-state index is 12.8.